The summed E-state index contributed by atoms with van der Waals surface area (Å²) in [5, 5.41) is 15.5. The molecule has 0 unspecified atom stereocenters. The first-order valence-electron chi connectivity index (χ1n) is 5.67. The molecular formula is C12H12N3O4-. The lowest BCUT2D eigenvalue weighted by molar-refractivity contribution is -0.307. The van der Waals surface area contributed by atoms with E-state index >= 15 is 0 Å². The molecule has 1 aromatic rings. The topological polar surface area (TPSA) is 102 Å². The van der Waals surface area contributed by atoms with Crippen LogP contribution in [0.2, 0.25) is 0 Å². The van der Waals surface area contributed by atoms with Crippen LogP contribution >= 0.6 is 0 Å². The van der Waals surface area contributed by atoms with Crippen LogP contribution in [0, 0.1) is 0 Å². The van der Waals surface area contributed by atoms with E-state index < -0.39 is 18.0 Å². The number of aliphatic carboxylic acids is 1. The minimum absolute atomic E-state index is 0.164. The van der Waals surface area contributed by atoms with Gasteiger partial charge in [-0.2, -0.15) is 0 Å². The molecule has 2 rings (SSSR count). The molecule has 19 heavy (non-hydrogen) atoms. The quantitative estimate of drug-likeness (QED) is 0.735. The number of nitrogens with one attached hydrogen (secondary N) is 2. The summed E-state index contributed by atoms with van der Waals surface area (Å²) in [6.45, 7) is 1.13. The van der Waals surface area contributed by atoms with E-state index in [9.17, 15) is 19.5 Å². The fourth-order valence-corrected chi connectivity index (χ4v) is 1.74. The van der Waals surface area contributed by atoms with Crippen LogP contribution in [0.4, 0.5) is 16.2 Å². The number of para-hydroxylation sites is 2. The molecule has 1 aliphatic rings. The van der Waals surface area contributed by atoms with Crippen molar-refractivity contribution in [3.63, 3.8) is 0 Å². The van der Waals surface area contributed by atoms with E-state index in [4.69, 9.17) is 0 Å². The number of carboxylic acids is 1. The minimum Gasteiger partial charge on any atom is -0.548 e. The van der Waals surface area contributed by atoms with Crippen LogP contribution < -0.4 is 20.6 Å². The number of amides is 3. The first-order chi connectivity index (χ1) is 8.99. The van der Waals surface area contributed by atoms with Crippen molar-refractivity contribution in [2.75, 3.05) is 16.8 Å². The van der Waals surface area contributed by atoms with Crippen LogP contribution in [-0.4, -0.2) is 30.5 Å². The Kier molecular flexibility index (Phi) is 3.37. The van der Waals surface area contributed by atoms with Gasteiger partial charge in [-0.25, -0.2) is 4.79 Å². The van der Waals surface area contributed by atoms with Gasteiger partial charge in [0.25, 0.3) is 0 Å². The maximum atomic E-state index is 12.0. The Balaban J connectivity index is 2.23. The molecule has 1 atom stereocenters. The summed E-state index contributed by atoms with van der Waals surface area (Å²) in [6, 6.07) is 4.99. The largest absolute Gasteiger partial charge is 0.548 e. The summed E-state index contributed by atoms with van der Waals surface area (Å²) in [5.41, 5.74) is 1.03. The van der Waals surface area contributed by atoms with Crippen LogP contribution in [0.15, 0.2) is 24.3 Å². The molecule has 3 amide bonds. The zero-order chi connectivity index (χ0) is 14.0. The van der Waals surface area contributed by atoms with Gasteiger partial charge in [-0.05, 0) is 19.1 Å². The fraction of sp³-hybridized carbons (Fsp3) is 0.250. The lowest BCUT2D eigenvalue weighted by Gasteiger charge is -2.30. The van der Waals surface area contributed by atoms with Crippen LogP contribution in [0.5, 0.6) is 0 Å². The number of hydrogen-bond donors (Lipinski definition) is 2. The average molecular weight is 262 g/mol. The zero-order valence-corrected chi connectivity index (χ0v) is 10.2. The lowest BCUT2D eigenvalue weighted by Crippen LogP contribution is -2.53. The Hall–Kier alpha value is -2.57. The Labute approximate surface area is 109 Å². The smallest absolute Gasteiger partial charge is 0.322 e. The van der Waals surface area contributed by atoms with Crippen LogP contribution in [-0.2, 0) is 9.59 Å². The standard InChI is InChI=1S/C12H13N3O4/c1-7(11(17)18)13-12(19)15-6-10(16)14-8-4-2-3-5-9(8)15/h2-5,7H,6H2,1H3,(H,13,19)(H,14,16)(H,17,18)/p-1/t7-/m0/s1. The monoisotopic (exact) mass is 262 g/mol. The molecule has 1 heterocycles. The van der Waals surface area contributed by atoms with E-state index in [1.165, 1.54) is 11.8 Å². The summed E-state index contributed by atoms with van der Waals surface area (Å²) < 4.78 is 0. The second kappa shape index (κ2) is 4.97. The van der Waals surface area contributed by atoms with Crippen LogP contribution in [0.3, 0.4) is 0 Å². The number of carbonyl (C=O) groups excluding carboxylic acids is 3. The van der Waals surface area contributed by atoms with Gasteiger partial charge in [0.2, 0.25) is 5.91 Å². The number of fused-ring (bicyclic) bond motifs is 1. The number of carbonyl (C=O) groups is 3. The number of carboxylic acid groups (broad SMARTS) is 1. The van der Waals surface area contributed by atoms with Gasteiger partial charge < -0.3 is 20.5 Å². The molecule has 0 aliphatic carbocycles. The molecule has 0 aromatic heterocycles. The molecule has 0 fully saturated rings. The predicted octanol–water partition coefficient (Wildman–Crippen LogP) is -0.707. The predicted molar refractivity (Wildman–Crippen MR) is 65.4 cm³/mol. The molecular weight excluding hydrogens is 250 g/mol. The lowest BCUT2D eigenvalue weighted by atomic mass is 10.2. The molecule has 0 bridgehead atoms. The third kappa shape index (κ3) is 2.65. The Morgan fingerprint density at radius 3 is 2.79 bits per heavy atom. The number of anilines is 2. The highest BCUT2D eigenvalue weighted by atomic mass is 16.4. The number of urea groups is 1. The summed E-state index contributed by atoms with van der Waals surface area (Å²) >= 11 is 0. The Morgan fingerprint density at radius 2 is 2.11 bits per heavy atom. The first-order valence-corrected chi connectivity index (χ1v) is 5.67. The van der Waals surface area contributed by atoms with Crippen molar-refractivity contribution in [2.24, 2.45) is 0 Å². The molecule has 100 valence electrons. The van der Waals surface area contributed by atoms with Crippen molar-refractivity contribution in [2.45, 2.75) is 13.0 Å². The highest BCUT2D eigenvalue weighted by molar-refractivity contribution is 6.09. The summed E-state index contributed by atoms with van der Waals surface area (Å²) in [5.74, 6) is -1.72. The van der Waals surface area contributed by atoms with E-state index in [0.29, 0.717) is 11.4 Å². The van der Waals surface area contributed by atoms with E-state index in [-0.39, 0.29) is 12.5 Å². The van der Waals surface area contributed by atoms with Gasteiger partial charge in [-0.15, -0.1) is 0 Å². The van der Waals surface area contributed by atoms with Gasteiger partial charge in [0, 0.05) is 0 Å². The second-order valence-corrected chi connectivity index (χ2v) is 4.14. The number of rotatable bonds is 2. The van der Waals surface area contributed by atoms with Crippen molar-refractivity contribution < 1.29 is 19.5 Å². The second-order valence-electron chi connectivity index (χ2n) is 4.14. The maximum absolute atomic E-state index is 12.0. The molecule has 0 saturated heterocycles. The van der Waals surface area contributed by atoms with E-state index in [1.807, 2.05) is 0 Å². The van der Waals surface area contributed by atoms with Gasteiger partial charge in [0.1, 0.15) is 6.54 Å². The summed E-state index contributed by atoms with van der Waals surface area (Å²) in [7, 11) is 0. The third-order valence-electron chi connectivity index (χ3n) is 2.71. The van der Waals surface area contributed by atoms with Gasteiger partial charge >= 0.3 is 6.03 Å². The minimum atomic E-state index is -1.39. The molecule has 7 nitrogen and oxygen atoms in total. The van der Waals surface area contributed by atoms with Gasteiger partial charge in [0.05, 0.1) is 23.4 Å². The number of nitrogens with zero attached hydrogens (tertiary/aromatic N) is 1. The Bertz CT molecular complexity index is 544. The van der Waals surface area contributed by atoms with E-state index in [2.05, 4.69) is 10.6 Å². The molecule has 7 heteroatoms. The third-order valence-corrected chi connectivity index (χ3v) is 2.71. The van der Waals surface area contributed by atoms with Crippen molar-refractivity contribution >= 4 is 29.3 Å². The van der Waals surface area contributed by atoms with Gasteiger partial charge in [0.15, 0.2) is 0 Å². The van der Waals surface area contributed by atoms with E-state index in [1.54, 1.807) is 24.3 Å². The van der Waals surface area contributed by atoms with E-state index in [0.717, 1.165) is 0 Å². The summed E-state index contributed by atoms with van der Waals surface area (Å²) in [4.78, 5) is 35.3. The SMILES string of the molecule is C[C@H](NC(=O)N1CC(=O)Nc2ccccc21)C(=O)[O-]. The molecule has 0 saturated carbocycles. The number of benzene rings is 1. The average Bonchev–Trinajstić information content (AvgIpc) is 2.37. The highest BCUT2D eigenvalue weighted by Crippen LogP contribution is 2.28. The van der Waals surface area contributed by atoms with Crippen molar-refractivity contribution in [1.82, 2.24) is 5.32 Å². The van der Waals surface area contributed by atoms with Gasteiger partial charge in [-0.1, -0.05) is 12.1 Å². The van der Waals surface area contributed by atoms with Gasteiger partial charge in [-0.3, -0.25) is 9.69 Å². The maximum Gasteiger partial charge on any atom is 0.322 e. The molecule has 2 N–H and O–H groups in total. The zero-order valence-electron chi connectivity index (χ0n) is 10.2. The molecule has 1 aromatic carbocycles. The van der Waals surface area contributed by atoms with Crippen molar-refractivity contribution in [1.29, 1.82) is 0 Å². The first kappa shape index (κ1) is 12.9. The van der Waals surface area contributed by atoms with Crippen molar-refractivity contribution in [3.05, 3.63) is 24.3 Å². The Morgan fingerprint density at radius 1 is 1.42 bits per heavy atom. The molecule has 0 radical (unpaired) electrons. The highest BCUT2D eigenvalue weighted by Gasteiger charge is 2.27. The van der Waals surface area contributed by atoms with Crippen molar-refractivity contribution in [3.8, 4) is 0 Å². The van der Waals surface area contributed by atoms with Crippen LogP contribution in [0.1, 0.15) is 6.92 Å². The molecule has 1 aliphatic heterocycles. The normalized spacial score (nSPS) is 15.2. The fourth-order valence-electron chi connectivity index (χ4n) is 1.74. The molecule has 0 spiro atoms. The van der Waals surface area contributed by atoms with Crippen LogP contribution in [0.25, 0.3) is 0 Å². The summed E-state index contributed by atoms with van der Waals surface area (Å²) in [6.07, 6.45) is 0. The number of hydrogen-bond acceptors (Lipinski definition) is 4.